The number of fused-ring (bicyclic) bond motifs is 1. The highest BCUT2D eigenvalue weighted by atomic mass is 16.3. The molecule has 1 unspecified atom stereocenters. The van der Waals surface area contributed by atoms with Gasteiger partial charge in [-0.05, 0) is 67.6 Å². The Hall–Kier alpha value is -4.00. The first-order valence-electron chi connectivity index (χ1n) is 12.4. The molecular weight excluding hydrogens is 452 g/mol. The van der Waals surface area contributed by atoms with Crippen LogP contribution in [0.3, 0.4) is 0 Å². The Balaban J connectivity index is 1.18. The second-order valence-electron chi connectivity index (χ2n) is 9.56. The molecule has 0 radical (unpaired) electrons. The van der Waals surface area contributed by atoms with E-state index in [-0.39, 0.29) is 23.7 Å². The van der Waals surface area contributed by atoms with Crippen LogP contribution in [-0.2, 0) is 11.3 Å². The summed E-state index contributed by atoms with van der Waals surface area (Å²) < 4.78 is 5.91. The Labute approximate surface area is 210 Å². The molecule has 1 atom stereocenters. The molecule has 0 aliphatic carbocycles. The number of hydrogen-bond donors (Lipinski definition) is 1. The summed E-state index contributed by atoms with van der Waals surface area (Å²) in [5, 5.41) is 3.01. The molecular formula is C29H30N4O3. The molecule has 2 aromatic heterocycles. The average Bonchev–Trinajstić information content (AvgIpc) is 3.35. The molecule has 2 amide bonds. The van der Waals surface area contributed by atoms with Crippen molar-refractivity contribution in [3.05, 3.63) is 83.7 Å². The Bertz CT molecular complexity index is 1360. The molecule has 1 N–H and O–H groups in total. The molecule has 3 heterocycles. The van der Waals surface area contributed by atoms with Gasteiger partial charge in [0.25, 0.3) is 5.91 Å². The van der Waals surface area contributed by atoms with E-state index in [1.807, 2.05) is 61.2 Å². The fourth-order valence-electron chi connectivity index (χ4n) is 4.73. The lowest BCUT2D eigenvalue weighted by Gasteiger charge is -2.34. The average molecular weight is 483 g/mol. The number of benzene rings is 2. The number of oxazole rings is 1. The summed E-state index contributed by atoms with van der Waals surface area (Å²) in [4.78, 5) is 36.4. The lowest BCUT2D eigenvalue weighted by molar-refractivity contribution is -0.126. The molecule has 2 aromatic carbocycles. The molecule has 184 valence electrons. The van der Waals surface area contributed by atoms with E-state index in [0.29, 0.717) is 42.2 Å². The van der Waals surface area contributed by atoms with Gasteiger partial charge in [0.1, 0.15) is 5.52 Å². The van der Waals surface area contributed by atoms with E-state index in [1.54, 1.807) is 24.5 Å². The van der Waals surface area contributed by atoms with Gasteiger partial charge in [0, 0.05) is 49.1 Å². The van der Waals surface area contributed by atoms with Crippen molar-refractivity contribution in [1.29, 1.82) is 0 Å². The number of hydrogen-bond acceptors (Lipinski definition) is 5. The SMILES string of the molecule is Cc1ccc(-c2nc3cc(C(=O)N4CCC(C(C)C(=O)NCc5cccnc5)CC4)ccc3o2)cc1. The molecule has 1 fully saturated rings. The number of piperidine rings is 1. The molecule has 7 nitrogen and oxygen atoms in total. The van der Waals surface area contributed by atoms with Crippen LogP contribution in [0.4, 0.5) is 0 Å². The van der Waals surface area contributed by atoms with Crippen molar-refractivity contribution in [1.82, 2.24) is 20.2 Å². The summed E-state index contributed by atoms with van der Waals surface area (Å²) in [5.74, 6) is 0.725. The van der Waals surface area contributed by atoms with Crippen molar-refractivity contribution < 1.29 is 14.0 Å². The van der Waals surface area contributed by atoms with Crippen LogP contribution < -0.4 is 5.32 Å². The quantitative estimate of drug-likeness (QED) is 0.418. The predicted molar refractivity (Wildman–Crippen MR) is 138 cm³/mol. The normalized spacial score (nSPS) is 15.1. The predicted octanol–water partition coefficient (Wildman–Crippen LogP) is 5.00. The van der Waals surface area contributed by atoms with Crippen molar-refractivity contribution in [3.63, 3.8) is 0 Å². The molecule has 1 aliphatic rings. The minimum absolute atomic E-state index is 0.0103. The molecule has 1 aliphatic heterocycles. The van der Waals surface area contributed by atoms with E-state index in [0.717, 1.165) is 24.0 Å². The fraction of sp³-hybridized carbons (Fsp3) is 0.310. The van der Waals surface area contributed by atoms with E-state index in [1.165, 1.54) is 5.56 Å². The molecule has 5 rings (SSSR count). The van der Waals surface area contributed by atoms with Crippen LogP contribution in [0.25, 0.3) is 22.6 Å². The number of rotatable bonds is 6. The lowest BCUT2D eigenvalue weighted by Crippen LogP contribution is -2.42. The van der Waals surface area contributed by atoms with Gasteiger partial charge in [0.15, 0.2) is 5.58 Å². The Morgan fingerprint density at radius 2 is 1.89 bits per heavy atom. The summed E-state index contributed by atoms with van der Waals surface area (Å²) in [6.45, 7) is 5.76. The maximum atomic E-state index is 13.2. The molecule has 4 aromatic rings. The van der Waals surface area contributed by atoms with Gasteiger partial charge >= 0.3 is 0 Å². The first kappa shape index (κ1) is 23.7. The van der Waals surface area contributed by atoms with E-state index in [9.17, 15) is 9.59 Å². The Kier molecular flexibility index (Phi) is 6.80. The number of aromatic nitrogens is 2. The summed E-state index contributed by atoms with van der Waals surface area (Å²) in [6.07, 6.45) is 5.08. The van der Waals surface area contributed by atoms with Gasteiger partial charge < -0.3 is 14.6 Å². The van der Waals surface area contributed by atoms with Crippen molar-refractivity contribution >= 4 is 22.9 Å². The van der Waals surface area contributed by atoms with Crippen molar-refractivity contribution in [3.8, 4) is 11.5 Å². The zero-order valence-electron chi connectivity index (χ0n) is 20.6. The van der Waals surface area contributed by atoms with Crippen LogP contribution in [-0.4, -0.2) is 39.8 Å². The first-order chi connectivity index (χ1) is 17.5. The van der Waals surface area contributed by atoms with Crippen LogP contribution in [0, 0.1) is 18.8 Å². The van der Waals surface area contributed by atoms with E-state index >= 15 is 0 Å². The first-order valence-corrected chi connectivity index (χ1v) is 12.4. The summed E-state index contributed by atoms with van der Waals surface area (Å²) in [5.41, 5.74) is 4.99. The monoisotopic (exact) mass is 482 g/mol. The zero-order chi connectivity index (χ0) is 25.1. The maximum absolute atomic E-state index is 13.2. The largest absolute Gasteiger partial charge is 0.436 e. The van der Waals surface area contributed by atoms with Crippen LogP contribution in [0.2, 0.25) is 0 Å². The minimum atomic E-state index is -0.106. The van der Waals surface area contributed by atoms with Crippen molar-refractivity contribution in [2.24, 2.45) is 11.8 Å². The van der Waals surface area contributed by atoms with E-state index in [2.05, 4.69) is 15.3 Å². The van der Waals surface area contributed by atoms with Crippen LogP contribution in [0.5, 0.6) is 0 Å². The van der Waals surface area contributed by atoms with Gasteiger partial charge in [-0.15, -0.1) is 0 Å². The number of carbonyl (C=O) groups is 2. The summed E-state index contributed by atoms with van der Waals surface area (Å²) in [6, 6.07) is 17.2. The summed E-state index contributed by atoms with van der Waals surface area (Å²) in [7, 11) is 0. The third-order valence-electron chi connectivity index (χ3n) is 7.07. The highest BCUT2D eigenvalue weighted by Crippen LogP contribution is 2.28. The van der Waals surface area contributed by atoms with Crippen LogP contribution in [0.15, 0.2) is 71.4 Å². The van der Waals surface area contributed by atoms with E-state index < -0.39 is 0 Å². The fourth-order valence-corrected chi connectivity index (χ4v) is 4.73. The smallest absolute Gasteiger partial charge is 0.253 e. The van der Waals surface area contributed by atoms with Gasteiger partial charge in [-0.3, -0.25) is 14.6 Å². The zero-order valence-corrected chi connectivity index (χ0v) is 20.6. The van der Waals surface area contributed by atoms with Gasteiger partial charge in [-0.1, -0.05) is 30.7 Å². The second kappa shape index (κ2) is 10.3. The second-order valence-corrected chi connectivity index (χ2v) is 9.56. The summed E-state index contributed by atoms with van der Waals surface area (Å²) >= 11 is 0. The molecule has 0 bridgehead atoms. The number of carbonyl (C=O) groups excluding carboxylic acids is 2. The van der Waals surface area contributed by atoms with Crippen LogP contribution >= 0.6 is 0 Å². The number of pyridine rings is 1. The topological polar surface area (TPSA) is 88.3 Å². The number of aryl methyl sites for hydroxylation is 1. The number of nitrogens with zero attached hydrogens (tertiary/aromatic N) is 3. The Morgan fingerprint density at radius 3 is 2.61 bits per heavy atom. The molecule has 0 saturated carbocycles. The van der Waals surface area contributed by atoms with Gasteiger partial charge in [0.05, 0.1) is 0 Å². The number of likely N-dealkylation sites (tertiary alicyclic amines) is 1. The lowest BCUT2D eigenvalue weighted by atomic mass is 9.84. The highest BCUT2D eigenvalue weighted by molar-refractivity contribution is 5.97. The van der Waals surface area contributed by atoms with Gasteiger partial charge in [-0.25, -0.2) is 4.98 Å². The minimum Gasteiger partial charge on any atom is -0.436 e. The third-order valence-corrected chi connectivity index (χ3v) is 7.07. The molecule has 1 saturated heterocycles. The Morgan fingerprint density at radius 1 is 1.11 bits per heavy atom. The van der Waals surface area contributed by atoms with Gasteiger partial charge in [0.2, 0.25) is 11.8 Å². The highest BCUT2D eigenvalue weighted by Gasteiger charge is 2.30. The number of nitrogens with one attached hydrogen (secondary N) is 1. The van der Waals surface area contributed by atoms with E-state index in [4.69, 9.17) is 4.42 Å². The molecule has 36 heavy (non-hydrogen) atoms. The molecule has 0 spiro atoms. The standard InChI is InChI=1S/C29H30N4O3/c1-19-5-7-23(8-6-19)28-32-25-16-24(9-10-26(25)36-28)29(35)33-14-11-22(12-15-33)20(2)27(34)31-18-21-4-3-13-30-17-21/h3-10,13,16-17,20,22H,11-12,14-15,18H2,1-2H3,(H,31,34). The maximum Gasteiger partial charge on any atom is 0.253 e. The molecule has 7 heteroatoms. The van der Waals surface area contributed by atoms with Crippen LogP contribution in [0.1, 0.15) is 41.3 Å². The van der Waals surface area contributed by atoms with Crippen molar-refractivity contribution in [2.75, 3.05) is 13.1 Å². The van der Waals surface area contributed by atoms with Crippen molar-refractivity contribution in [2.45, 2.75) is 33.2 Å². The van der Waals surface area contributed by atoms with Gasteiger partial charge in [-0.2, -0.15) is 0 Å². The third kappa shape index (κ3) is 5.15. The number of amides is 2.